The van der Waals surface area contributed by atoms with Gasteiger partial charge in [0.25, 0.3) is 0 Å². The van der Waals surface area contributed by atoms with Crippen molar-refractivity contribution in [3.05, 3.63) is 66.6 Å². The lowest BCUT2D eigenvalue weighted by atomic mass is 10.2. The molecule has 0 fully saturated rings. The van der Waals surface area contributed by atoms with Gasteiger partial charge in [0.15, 0.2) is 0 Å². The van der Waals surface area contributed by atoms with Crippen molar-refractivity contribution in [2.45, 2.75) is 6.92 Å². The number of carbonyl (C=O) groups excluding carboxylic acids is 1. The van der Waals surface area contributed by atoms with Gasteiger partial charge in [-0.05, 0) is 31.2 Å². The first-order valence-electron chi connectivity index (χ1n) is 7.05. The molecule has 22 heavy (non-hydrogen) atoms. The molecule has 3 aromatic rings. The Labute approximate surface area is 128 Å². The van der Waals surface area contributed by atoms with Crippen LogP contribution in [0.3, 0.4) is 0 Å². The van der Waals surface area contributed by atoms with Gasteiger partial charge in [-0.2, -0.15) is 0 Å². The minimum Gasteiger partial charge on any atom is -0.412 e. The van der Waals surface area contributed by atoms with Crippen LogP contribution < -0.4 is 4.90 Å². The molecule has 0 spiro atoms. The molecule has 0 saturated carbocycles. The van der Waals surface area contributed by atoms with E-state index in [1.807, 2.05) is 67.6 Å². The number of benzene rings is 2. The standard InChI is InChI=1S/C17H15N3O2/c1-2-20(14-11-7-4-8-12-14)17(21)16-19-18-15(22-16)13-9-5-3-6-10-13/h3-12H,2H2,1H3. The zero-order valence-corrected chi connectivity index (χ0v) is 12.1. The molecule has 0 saturated heterocycles. The molecule has 0 N–H and O–H groups in total. The van der Waals surface area contributed by atoms with Gasteiger partial charge in [-0.3, -0.25) is 4.79 Å². The van der Waals surface area contributed by atoms with Crippen molar-refractivity contribution in [3.8, 4) is 11.5 Å². The average molecular weight is 293 g/mol. The number of hydrogen-bond donors (Lipinski definition) is 0. The van der Waals surface area contributed by atoms with Crippen LogP contribution in [-0.2, 0) is 0 Å². The van der Waals surface area contributed by atoms with Crippen LogP contribution in [-0.4, -0.2) is 22.6 Å². The van der Waals surface area contributed by atoms with Crippen molar-refractivity contribution in [2.75, 3.05) is 11.4 Å². The Balaban J connectivity index is 1.88. The maximum absolute atomic E-state index is 12.6. The van der Waals surface area contributed by atoms with Gasteiger partial charge < -0.3 is 9.32 Å². The molecule has 5 nitrogen and oxygen atoms in total. The van der Waals surface area contributed by atoms with Crippen molar-refractivity contribution in [1.82, 2.24) is 10.2 Å². The van der Waals surface area contributed by atoms with E-state index in [2.05, 4.69) is 10.2 Å². The molecule has 0 aliphatic heterocycles. The summed E-state index contributed by atoms with van der Waals surface area (Å²) in [5.74, 6) is 0.0287. The van der Waals surface area contributed by atoms with Crippen LogP contribution in [0.15, 0.2) is 65.1 Å². The molecule has 0 unspecified atom stereocenters. The van der Waals surface area contributed by atoms with Gasteiger partial charge >= 0.3 is 11.8 Å². The maximum atomic E-state index is 12.6. The first-order chi connectivity index (χ1) is 10.8. The van der Waals surface area contributed by atoms with Crippen molar-refractivity contribution in [3.63, 3.8) is 0 Å². The second-order valence-corrected chi connectivity index (χ2v) is 4.66. The zero-order chi connectivity index (χ0) is 15.4. The summed E-state index contributed by atoms with van der Waals surface area (Å²) in [6.07, 6.45) is 0. The normalized spacial score (nSPS) is 10.4. The van der Waals surface area contributed by atoms with Gasteiger partial charge in [0.05, 0.1) is 0 Å². The van der Waals surface area contributed by atoms with Crippen molar-refractivity contribution < 1.29 is 9.21 Å². The van der Waals surface area contributed by atoms with Crippen molar-refractivity contribution in [1.29, 1.82) is 0 Å². The number of hydrogen-bond acceptors (Lipinski definition) is 4. The smallest absolute Gasteiger partial charge is 0.315 e. The number of aromatic nitrogens is 2. The zero-order valence-electron chi connectivity index (χ0n) is 12.1. The number of para-hydroxylation sites is 1. The predicted octanol–water partition coefficient (Wildman–Crippen LogP) is 3.40. The molecule has 0 atom stereocenters. The molecule has 3 rings (SSSR count). The fourth-order valence-electron chi connectivity index (χ4n) is 2.17. The van der Waals surface area contributed by atoms with Gasteiger partial charge in [0.2, 0.25) is 5.89 Å². The van der Waals surface area contributed by atoms with E-state index in [0.29, 0.717) is 12.4 Å². The second-order valence-electron chi connectivity index (χ2n) is 4.66. The highest BCUT2D eigenvalue weighted by Gasteiger charge is 2.22. The average Bonchev–Trinajstić information content (AvgIpc) is 3.07. The van der Waals surface area contributed by atoms with Crippen LogP contribution in [0.25, 0.3) is 11.5 Å². The number of anilines is 1. The molecule has 5 heteroatoms. The summed E-state index contributed by atoms with van der Waals surface area (Å²) in [5.41, 5.74) is 1.59. The van der Waals surface area contributed by atoms with E-state index in [9.17, 15) is 4.79 Å². The van der Waals surface area contributed by atoms with E-state index in [4.69, 9.17) is 4.42 Å². The summed E-state index contributed by atoms with van der Waals surface area (Å²) < 4.78 is 5.52. The lowest BCUT2D eigenvalue weighted by Gasteiger charge is -2.18. The lowest BCUT2D eigenvalue weighted by molar-refractivity contribution is 0.0955. The first-order valence-corrected chi connectivity index (χ1v) is 7.05. The van der Waals surface area contributed by atoms with Crippen LogP contribution in [0.1, 0.15) is 17.6 Å². The number of carbonyl (C=O) groups is 1. The lowest BCUT2D eigenvalue weighted by Crippen LogP contribution is -2.30. The third-order valence-electron chi connectivity index (χ3n) is 3.26. The van der Waals surface area contributed by atoms with Gasteiger partial charge in [-0.1, -0.05) is 36.4 Å². The predicted molar refractivity (Wildman–Crippen MR) is 83.5 cm³/mol. The molecule has 0 bridgehead atoms. The van der Waals surface area contributed by atoms with E-state index in [0.717, 1.165) is 11.3 Å². The molecule has 0 aliphatic rings. The highest BCUT2D eigenvalue weighted by atomic mass is 16.4. The van der Waals surface area contributed by atoms with Gasteiger partial charge in [-0.25, -0.2) is 0 Å². The van der Waals surface area contributed by atoms with Crippen molar-refractivity contribution in [2.24, 2.45) is 0 Å². The van der Waals surface area contributed by atoms with E-state index in [1.165, 1.54) is 0 Å². The Bertz CT molecular complexity index is 754. The molecule has 1 heterocycles. The molecule has 110 valence electrons. The summed E-state index contributed by atoms with van der Waals surface area (Å²) in [4.78, 5) is 14.2. The Morgan fingerprint density at radius 3 is 2.27 bits per heavy atom. The van der Waals surface area contributed by atoms with Crippen LogP contribution in [0.5, 0.6) is 0 Å². The maximum Gasteiger partial charge on any atom is 0.315 e. The Hall–Kier alpha value is -2.95. The fraction of sp³-hybridized carbons (Fsp3) is 0.118. The van der Waals surface area contributed by atoms with E-state index < -0.39 is 0 Å². The molecule has 1 aromatic heterocycles. The molecule has 1 amide bonds. The third kappa shape index (κ3) is 2.74. The quantitative estimate of drug-likeness (QED) is 0.739. The summed E-state index contributed by atoms with van der Waals surface area (Å²) in [7, 11) is 0. The van der Waals surface area contributed by atoms with E-state index in [-0.39, 0.29) is 11.8 Å². The summed E-state index contributed by atoms with van der Waals surface area (Å²) in [5, 5.41) is 7.83. The minimum absolute atomic E-state index is 0.00967. The summed E-state index contributed by atoms with van der Waals surface area (Å²) in [6, 6.07) is 18.8. The SMILES string of the molecule is CCN(C(=O)c1nnc(-c2ccccc2)o1)c1ccccc1. The van der Waals surface area contributed by atoms with E-state index >= 15 is 0 Å². The number of amides is 1. The minimum atomic E-state index is -0.302. The van der Waals surface area contributed by atoms with Gasteiger partial charge in [0.1, 0.15) is 0 Å². The Kier molecular flexibility index (Phi) is 3.96. The van der Waals surface area contributed by atoms with Crippen LogP contribution >= 0.6 is 0 Å². The van der Waals surface area contributed by atoms with Gasteiger partial charge in [-0.15, -0.1) is 10.2 Å². The van der Waals surface area contributed by atoms with Gasteiger partial charge in [0, 0.05) is 17.8 Å². The third-order valence-corrected chi connectivity index (χ3v) is 3.26. The summed E-state index contributed by atoms with van der Waals surface area (Å²) in [6.45, 7) is 2.42. The highest BCUT2D eigenvalue weighted by molar-refractivity contribution is 6.02. The molecular weight excluding hydrogens is 278 g/mol. The highest BCUT2D eigenvalue weighted by Crippen LogP contribution is 2.20. The number of nitrogens with zero attached hydrogens (tertiary/aromatic N) is 3. The fourth-order valence-corrected chi connectivity index (χ4v) is 2.17. The molecular formula is C17H15N3O2. The summed E-state index contributed by atoms with van der Waals surface area (Å²) >= 11 is 0. The van der Waals surface area contributed by atoms with Crippen LogP contribution in [0, 0.1) is 0 Å². The van der Waals surface area contributed by atoms with Crippen LogP contribution in [0.4, 0.5) is 5.69 Å². The Morgan fingerprint density at radius 1 is 1.00 bits per heavy atom. The molecule has 0 radical (unpaired) electrons. The monoisotopic (exact) mass is 293 g/mol. The number of rotatable bonds is 4. The molecule has 0 aliphatic carbocycles. The Morgan fingerprint density at radius 2 is 1.64 bits per heavy atom. The topological polar surface area (TPSA) is 59.2 Å². The second kappa shape index (κ2) is 6.22. The van der Waals surface area contributed by atoms with Crippen molar-refractivity contribution >= 4 is 11.6 Å². The largest absolute Gasteiger partial charge is 0.412 e. The first kappa shape index (κ1) is 14.0. The molecule has 2 aromatic carbocycles. The van der Waals surface area contributed by atoms with E-state index in [1.54, 1.807) is 4.90 Å². The van der Waals surface area contributed by atoms with Crippen LogP contribution in [0.2, 0.25) is 0 Å².